The van der Waals surface area contributed by atoms with Gasteiger partial charge in [-0.2, -0.15) is 0 Å². The van der Waals surface area contributed by atoms with Crippen LogP contribution >= 0.6 is 0 Å². The number of carbonyl (C=O) groups excluding carboxylic acids is 2. The molecule has 1 aromatic rings. The van der Waals surface area contributed by atoms with E-state index in [1.54, 1.807) is 6.26 Å². The van der Waals surface area contributed by atoms with Gasteiger partial charge in [0.25, 0.3) is 0 Å². The molecule has 0 unspecified atom stereocenters. The van der Waals surface area contributed by atoms with Crippen LogP contribution in [0.3, 0.4) is 0 Å². The van der Waals surface area contributed by atoms with Gasteiger partial charge in [0.2, 0.25) is 0 Å². The van der Waals surface area contributed by atoms with Crippen LogP contribution in [0.1, 0.15) is 31.9 Å². The van der Waals surface area contributed by atoms with Gasteiger partial charge in [0.05, 0.1) is 12.8 Å². The first-order chi connectivity index (χ1) is 10.7. The zero-order valence-electron chi connectivity index (χ0n) is 13.1. The minimum atomic E-state index is -0.530. The molecule has 6 heteroatoms. The Balaban J connectivity index is 1.63. The van der Waals surface area contributed by atoms with Crippen molar-refractivity contribution in [3.63, 3.8) is 0 Å². The van der Waals surface area contributed by atoms with Crippen LogP contribution in [0.2, 0.25) is 0 Å². The lowest BCUT2D eigenvalue weighted by molar-refractivity contribution is -0.139. The molecule has 1 aliphatic rings. The number of hydrogen-bond acceptors (Lipinski definition) is 4. The minimum absolute atomic E-state index is 0.441. The van der Waals surface area contributed by atoms with Crippen molar-refractivity contribution in [2.75, 3.05) is 26.2 Å². The fraction of sp³-hybridized carbons (Fsp3) is 0.625. The molecule has 0 bridgehead atoms. The highest BCUT2D eigenvalue weighted by molar-refractivity contribution is 6.35. The third kappa shape index (κ3) is 5.18. The molecule has 1 aliphatic heterocycles. The van der Waals surface area contributed by atoms with Crippen molar-refractivity contribution in [3.05, 3.63) is 24.2 Å². The molecule has 122 valence electrons. The van der Waals surface area contributed by atoms with Crippen LogP contribution in [0.15, 0.2) is 22.8 Å². The Hall–Kier alpha value is -1.82. The van der Waals surface area contributed by atoms with E-state index in [0.29, 0.717) is 19.0 Å². The summed E-state index contributed by atoms with van der Waals surface area (Å²) in [5, 5.41) is 5.32. The van der Waals surface area contributed by atoms with Crippen LogP contribution < -0.4 is 10.6 Å². The zero-order valence-corrected chi connectivity index (χ0v) is 13.1. The first-order valence-electron chi connectivity index (χ1n) is 7.99. The predicted octanol–water partition coefficient (Wildman–Crippen LogP) is 1.13. The maximum absolute atomic E-state index is 11.6. The molecule has 0 spiro atoms. The Morgan fingerprint density at radius 3 is 2.64 bits per heavy atom. The van der Waals surface area contributed by atoms with Crippen molar-refractivity contribution in [2.24, 2.45) is 5.92 Å². The van der Waals surface area contributed by atoms with E-state index >= 15 is 0 Å². The Morgan fingerprint density at radius 1 is 1.27 bits per heavy atom. The second-order valence-corrected chi connectivity index (χ2v) is 5.76. The maximum Gasteiger partial charge on any atom is 0.309 e. The number of rotatable bonds is 6. The summed E-state index contributed by atoms with van der Waals surface area (Å²) >= 11 is 0. The predicted molar refractivity (Wildman–Crippen MR) is 83.0 cm³/mol. The fourth-order valence-electron chi connectivity index (χ4n) is 2.61. The first-order valence-corrected chi connectivity index (χ1v) is 7.99. The van der Waals surface area contributed by atoms with Crippen molar-refractivity contribution in [2.45, 2.75) is 32.7 Å². The number of hydrogen-bond donors (Lipinski definition) is 2. The normalized spacial score (nSPS) is 16.4. The summed E-state index contributed by atoms with van der Waals surface area (Å²) in [4.78, 5) is 25.4. The highest BCUT2D eigenvalue weighted by Gasteiger charge is 2.21. The van der Waals surface area contributed by atoms with E-state index in [4.69, 9.17) is 4.42 Å². The molecule has 0 aromatic carbocycles. The lowest BCUT2D eigenvalue weighted by Gasteiger charge is -2.31. The van der Waals surface area contributed by atoms with Crippen LogP contribution in [-0.2, 0) is 16.1 Å². The van der Waals surface area contributed by atoms with Gasteiger partial charge in [-0.05, 0) is 50.4 Å². The van der Waals surface area contributed by atoms with E-state index < -0.39 is 11.8 Å². The van der Waals surface area contributed by atoms with Crippen molar-refractivity contribution in [1.29, 1.82) is 0 Å². The molecule has 6 nitrogen and oxygen atoms in total. The highest BCUT2D eigenvalue weighted by atomic mass is 16.3. The monoisotopic (exact) mass is 307 g/mol. The van der Waals surface area contributed by atoms with Crippen LogP contribution in [-0.4, -0.2) is 42.9 Å². The Morgan fingerprint density at radius 2 is 2.00 bits per heavy atom. The SMILES string of the molecule is CCCNC(=O)C(=O)NCC1CCN(Cc2ccco2)CC1. The summed E-state index contributed by atoms with van der Waals surface area (Å²) in [5.41, 5.74) is 0. The zero-order chi connectivity index (χ0) is 15.8. The summed E-state index contributed by atoms with van der Waals surface area (Å²) in [7, 11) is 0. The molecule has 22 heavy (non-hydrogen) atoms. The second kappa shape index (κ2) is 8.58. The van der Waals surface area contributed by atoms with E-state index in [0.717, 1.165) is 44.7 Å². The lowest BCUT2D eigenvalue weighted by atomic mass is 9.96. The Kier molecular flexibility index (Phi) is 6.45. The van der Waals surface area contributed by atoms with E-state index in [-0.39, 0.29) is 0 Å². The number of amides is 2. The third-order valence-corrected chi connectivity index (χ3v) is 3.96. The number of nitrogens with zero attached hydrogens (tertiary/aromatic N) is 1. The number of piperidine rings is 1. The smallest absolute Gasteiger partial charge is 0.309 e. The molecule has 0 aliphatic carbocycles. The van der Waals surface area contributed by atoms with Gasteiger partial charge in [-0.25, -0.2) is 0 Å². The first kappa shape index (κ1) is 16.5. The molecular weight excluding hydrogens is 282 g/mol. The summed E-state index contributed by atoms with van der Waals surface area (Å²) < 4.78 is 5.36. The summed E-state index contributed by atoms with van der Waals surface area (Å²) in [6.45, 7) is 5.89. The van der Waals surface area contributed by atoms with Gasteiger partial charge in [0.15, 0.2) is 0 Å². The minimum Gasteiger partial charge on any atom is -0.468 e. The van der Waals surface area contributed by atoms with Crippen molar-refractivity contribution >= 4 is 11.8 Å². The van der Waals surface area contributed by atoms with E-state index in [1.807, 2.05) is 19.1 Å². The van der Waals surface area contributed by atoms with E-state index in [9.17, 15) is 9.59 Å². The van der Waals surface area contributed by atoms with Crippen molar-refractivity contribution in [1.82, 2.24) is 15.5 Å². The van der Waals surface area contributed by atoms with Gasteiger partial charge in [0.1, 0.15) is 5.76 Å². The van der Waals surface area contributed by atoms with E-state index in [1.165, 1.54) is 0 Å². The molecule has 0 saturated carbocycles. The Bertz CT molecular complexity index is 465. The standard InChI is InChI=1S/C16H25N3O3/c1-2-7-17-15(20)16(21)18-11-13-5-8-19(9-6-13)12-14-4-3-10-22-14/h3-4,10,13H,2,5-9,11-12H2,1H3,(H,17,20)(H,18,21). The highest BCUT2D eigenvalue weighted by Crippen LogP contribution is 2.18. The summed E-state index contributed by atoms with van der Waals surface area (Å²) in [5.74, 6) is 0.374. The molecule has 0 radical (unpaired) electrons. The summed E-state index contributed by atoms with van der Waals surface area (Å²) in [6, 6.07) is 3.89. The quantitative estimate of drug-likeness (QED) is 0.773. The average molecular weight is 307 g/mol. The van der Waals surface area contributed by atoms with Gasteiger partial charge in [-0.3, -0.25) is 14.5 Å². The third-order valence-electron chi connectivity index (χ3n) is 3.96. The maximum atomic E-state index is 11.6. The van der Waals surface area contributed by atoms with Gasteiger partial charge >= 0.3 is 11.8 Å². The van der Waals surface area contributed by atoms with Crippen molar-refractivity contribution < 1.29 is 14.0 Å². The lowest BCUT2D eigenvalue weighted by Crippen LogP contribution is -2.43. The molecule has 1 fully saturated rings. The number of likely N-dealkylation sites (tertiary alicyclic amines) is 1. The molecular formula is C16H25N3O3. The molecule has 2 amide bonds. The van der Waals surface area contributed by atoms with Crippen LogP contribution in [0.5, 0.6) is 0 Å². The van der Waals surface area contributed by atoms with Gasteiger partial charge < -0.3 is 15.1 Å². The average Bonchev–Trinajstić information content (AvgIpc) is 3.04. The van der Waals surface area contributed by atoms with E-state index in [2.05, 4.69) is 15.5 Å². The number of nitrogens with one attached hydrogen (secondary N) is 2. The topological polar surface area (TPSA) is 74.6 Å². The Labute approximate surface area is 131 Å². The molecule has 2 heterocycles. The molecule has 2 N–H and O–H groups in total. The second-order valence-electron chi connectivity index (χ2n) is 5.76. The number of furan rings is 1. The van der Waals surface area contributed by atoms with Crippen LogP contribution in [0, 0.1) is 5.92 Å². The summed E-state index contributed by atoms with van der Waals surface area (Å²) in [6.07, 6.45) is 4.57. The van der Waals surface area contributed by atoms with Crippen LogP contribution in [0.25, 0.3) is 0 Å². The molecule has 2 rings (SSSR count). The van der Waals surface area contributed by atoms with Crippen LogP contribution in [0.4, 0.5) is 0 Å². The van der Waals surface area contributed by atoms with Gasteiger partial charge in [-0.1, -0.05) is 6.92 Å². The number of carbonyl (C=O) groups is 2. The molecule has 1 saturated heterocycles. The van der Waals surface area contributed by atoms with Gasteiger partial charge in [0, 0.05) is 13.1 Å². The van der Waals surface area contributed by atoms with Crippen molar-refractivity contribution in [3.8, 4) is 0 Å². The molecule has 1 aromatic heterocycles. The molecule has 0 atom stereocenters. The fourth-order valence-corrected chi connectivity index (χ4v) is 2.61. The largest absolute Gasteiger partial charge is 0.468 e. The van der Waals surface area contributed by atoms with Gasteiger partial charge in [-0.15, -0.1) is 0 Å².